The van der Waals surface area contributed by atoms with E-state index in [0.717, 1.165) is 11.1 Å². The summed E-state index contributed by atoms with van der Waals surface area (Å²) in [5, 5.41) is 15.7. The van der Waals surface area contributed by atoms with Crippen molar-refractivity contribution in [2.75, 3.05) is 13.2 Å². The molecule has 0 aliphatic heterocycles. The van der Waals surface area contributed by atoms with E-state index in [1.807, 2.05) is 65.4 Å². The minimum atomic E-state index is -0.152. The molecule has 2 aromatic carbocycles. The maximum absolute atomic E-state index is 12.4. The van der Waals surface area contributed by atoms with E-state index >= 15 is 0 Å². The Balaban J connectivity index is 1.15. The number of imidazole rings is 1. The second-order valence-electron chi connectivity index (χ2n) is 7.37. The molecule has 5 rings (SSSR count). The number of amides is 1. The number of carbonyl (C=O) groups excluding carboxylic acids is 1. The highest BCUT2D eigenvalue weighted by Crippen LogP contribution is 2.18. The van der Waals surface area contributed by atoms with E-state index in [4.69, 9.17) is 4.74 Å². The van der Waals surface area contributed by atoms with Gasteiger partial charge in [-0.25, -0.2) is 4.98 Å². The van der Waals surface area contributed by atoms with Gasteiger partial charge < -0.3 is 14.6 Å². The zero-order valence-electron chi connectivity index (χ0n) is 17.7. The van der Waals surface area contributed by atoms with Gasteiger partial charge in [-0.15, -0.1) is 15.3 Å². The first-order valence-electron chi connectivity index (χ1n) is 10.5. The molecule has 0 spiro atoms. The summed E-state index contributed by atoms with van der Waals surface area (Å²) in [4.78, 5) is 16.4. The van der Waals surface area contributed by atoms with Gasteiger partial charge in [0.25, 0.3) is 5.91 Å². The van der Waals surface area contributed by atoms with Gasteiger partial charge in [0.1, 0.15) is 6.61 Å². The van der Waals surface area contributed by atoms with Crippen LogP contribution in [-0.2, 0) is 6.54 Å². The summed E-state index contributed by atoms with van der Waals surface area (Å²) in [6.07, 6.45) is 5.41. The molecule has 0 unspecified atom stereocenters. The van der Waals surface area contributed by atoms with E-state index in [1.54, 1.807) is 29.2 Å². The van der Waals surface area contributed by atoms with Crippen LogP contribution in [0.5, 0.6) is 5.88 Å². The van der Waals surface area contributed by atoms with Gasteiger partial charge in [-0.2, -0.15) is 4.52 Å². The predicted octanol–water partition coefficient (Wildman–Crippen LogP) is 2.84. The van der Waals surface area contributed by atoms with Gasteiger partial charge in [0.05, 0.1) is 12.9 Å². The SMILES string of the molecule is O=C(NCCOc1ccc2nnc(-c3ccccc3)n2n1)c1ccc(Cn2ccnc2)cc1. The lowest BCUT2D eigenvalue weighted by Gasteiger charge is -2.08. The quantitative estimate of drug-likeness (QED) is 0.373. The van der Waals surface area contributed by atoms with Crippen molar-refractivity contribution in [3.05, 3.63) is 96.6 Å². The molecular formula is C24H21N7O2. The van der Waals surface area contributed by atoms with E-state index in [-0.39, 0.29) is 12.5 Å². The third-order valence-corrected chi connectivity index (χ3v) is 5.05. The van der Waals surface area contributed by atoms with E-state index < -0.39 is 0 Å². The van der Waals surface area contributed by atoms with E-state index in [9.17, 15) is 4.79 Å². The Morgan fingerprint density at radius 2 is 1.82 bits per heavy atom. The van der Waals surface area contributed by atoms with Crippen molar-refractivity contribution in [1.29, 1.82) is 0 Å². The molecule has 0 saturated heterocycles. The fourth-order valence-electron chi connectivity index (χ4n) is 3.39. The van der Waals surface area contributed by atoms with Crippen molar-refractivity contribution in [2.45, 2.75) is 6.54 Å². The number of nitrogens with one attached hydrogen (secondary N) is 1. The van der Waals surface area contributed by atoms with E-state index in [0.29, 0.717) is 36.0 Å². The van der Waals surface area contributed by atoms with Crippen LogP contribution in [0.15, 0.2) is 85.5 Å². The van der Waals surface area contributed by atoms with Gasteiger partial charge in [-0.3, -0.25) is 4.79 Å². The highest BCUT2D eigenvalue weighted by atomic mass is 16.5. The third kappa shape index (κ3) is 4.72. The number of rotatable bonds is 8. The van der Waals surface area contributed by atoms with Gasteiger partial charge in [-0.1, -0.05) is 42.5 Å². The van der Waals surface area contributed by atoms with Crippen LogP contribution in [0.3, 0.4) is 0 Å². The number of fused-ring (bicyclic) bond motifs is 1. The van der Waals surface area contributed by atoms with Crippen LogP contribution in [0.2, 0.25) is 0 Å². The number of hydrogen-bond acceptors (Lipinski definition) is 6. The Kier molecular flexibility index (Phi) is 5.75. The van der Waals surface area contributed by atoms with Crippen molar-refractivity contribution < 1.29 is 9.53 Å². The Bertz CT molecular complexity index is 1350. The number of hydrogen-bond donors (Lipinski definition) is 1. The first-order chi connectivity index (χ1) is 16.3. The van der Waals surface area contributed by atoms with Crippen molar-refractivity contribution in [3.8, 4) is 17.3 Å². The minimum Gasteiger partial charge on any atom is -0.475 e. The second kappa shape index (κ2) is 9.31. The minimum absolute atomic E-state index is 0.152. The summed E-state index contributed by atoms with van der Waals surface area (Å²) in [6.45, 7) is 1.35. The maximum Gasteiger partial charge on any atom is 0.251 e. The molecule has 164 valence electrons. The Morgan fingerprint density at radius 3 is 2.61 bits per heavy atom. The molecule has 0 aliphatic rings. The van der Waals surface area contributed by atoms with Crippen LogP contribution in [-0.4, -0.2) is 48.4 Å². The Hall–Kier alpha value is -4.53. The molecule has 9 nitrogen and oxygen atoms in total. The summed E-state index contributed by atoms with van der Waals surface area (Å²) >= 11 is 0. The van der Waals surface area contributed by atoms with Gasteiger partial charge >= 0.3 is 0 Å². The molecule has 3 aromatic heterocycles. The molecule has 5 aromatic rings. The van der Waals surface area contributed by atoms with Crippen LogP contribution in [0, 0.1) is 0 Å². The second-order valence-corrected chi connectivity index (χ2v) is 7.37. The van der Waals surface area contributed by atoms with Crippen LogP contribution < -0.4 is 10.1 Å². The van der Waals surface area contributed by atoms with Gasteiger partial charge in [0, 0.05) is 36.1 Å². The number of ether oxygens (including phenoxy) is 1. The lowest BCUT2D eigenvalue weighted by Crippen LogP contribution is -2.28. The molecular weight excluding hydrogens is 418 g/mol. The van der Waals surface area contributed by atoms with Crippen LogP contribution in [0.25, 0.3) is 17.0 Å². The summed E-state index contributed by atoms with van der Waals surface area (Å²) in [7, 11) is 0. The van der Waals surface area contributed by atoms with Crippen LogP contribution >= 0.6 is 0 Å². The lowest BCUT2D eigenvalue weighted by atomic mass is 10.1. The Labute approximate surface area is 189 Å². The number of aromatic nitrogens is 6. The predicted molar refractivity (Wildman–Crippen MR) is 122 cm³/mol. The highest BCUT2D eigenvalue weighted by Gasteiger charge is 2.10. The fourth-order valence-corrected chi connectivity index (χ4v) is 3.39. The maximum atomic E-state index is 12.4. The van der Waals surface area contributed by atoms with Crippen molar-refractivity contribution in [1.82, 2.24) is 34.7 Å². The third-order valence-electron chi connectivity index (χ3n) is 5.05. The highest BCUT2D eigenvalue weighted by molar-refractivity contribution is 5.94. The van der Waals surface area contributed by atoms with Crippen LogP contribution in [0.4, 0.5) is 0 Å². The van der Waals surface area contributed by atoms with Crippen molar-refractivity contribution in [2.24, 2.45) is 0 Å². The normalized spacial score (nSPS) is 10.9. The van der Waals surface area contributed by atoms with E-state index in [2.05, 4.69) is 25.6 Å². The molecule has 0 saturated carbocycles. The number of nitrogens with zero attached hydrogens (tertiary/aromatic N) is 6. The fraction of sp³-hybridized carbons (Fsp3) is 0.125. The monoisotopic (exact) mass is 439 g/mol. The summed E-state index contributed by atoms with van der Waals surface area (Å²) < 4.78 is 9.35. The molecule has 3 heterocycles. The number of carbonyl (C=O) groups is 1. The summed E-state index contributed by atoms with van der Waals surface area (Å²) in [5.41, 5.74) is 3.24. The van der Waals surface area contributed by atoms with Crippen LogP contribution in [0.1, 0.15) is 15.9 Å². The molecule has 1 N–H and O–H groups in total. The smallest absolute Gasteiger partial charge is 0.251 e. The topological polar surface area (TPSA) is 99.2 Å². The first-order valence-corrected chi connectivity index (χ1v) is 10.5. The largest absolute Gasteiger partial charge is 0.475 e. The average Bonchev–Trinajstić information content (AvgIpc) is 3.52. The lowest BCUT2D eigenvalue weighted by molar-refractivity contribution is 0.0946. The summed E-state index contributed by atoms with van der Waals surface area (Å²) in [5.74, 6) is 0.916. The molecule has 0 atom stereocenters. The zero-order valence-corrected chi connectivity index (χ0v) is 17.7. The molecule has 9 heteroatoms. The molecule has 1 amide bonds. The van der Waals surface area contributed by atoms with Gasteiger partial charge in [0.15, 0.2) is 11.5 Å². The molecule has 0 aliphatic carbocycles. The Morgan fingerprint density at radius 1 is 0.970 bits per heavy atom. The average molecular weight is 439 g/mol. The van der Waals surface area contributed by atoms with E-state index in [1.165, 1.54) is 0 Å². The summed E-state index contributed by atoms with van der Waals surface area (Å²) in [6, 6.07) is 20.8. The van der Waals surface area contributed by atoms with Gasteiger partial charge in [-0.05, 0) is 23.8 Å². The molecule has 33 heavy (non-hydrogen) atoms. The molecule has 0 fully saturated rings. The standard InChI is InChI=1S/C24H21N7O2/c32-24(20-8-6-18(7-9-20)16-30-14-12-25-17-30)26-13-15-33-22-11-10-21-27-28-23(31(21)29-22)19-4-2-1-3-5-19/h1-12,14,17H,13,15-16H2,(H,26,32). The molecule has 0 radical (unpaired) electrons. The number of benzene rings is 2. The van der Waals surface area contributed by atoms with Gasteiger partial charge in [0.2, 0.25) is 5.88 Å². The zero-order chi connectivity index (χ0) is 22.5. The van der Waals surface area contributed by atoms with Crippen molar-refractivity contribution in [3.63, 3.8) is 0 Å². The first kappa shape index (κ1) is 20.4. The van der Waals surface area contributed by atoms with Crippen molar-refractivity contribution >= 4 is 11.6 Å². The molecule has 0 bridgehead atoms.